The molecule has 0 amide bonds. The number of nitrogens with two attached hydrogens (primary N) is 2. The van der Waals surface area contributed by atoms with E-state index in [4.69, 9.17) is 25.7 Å². The number of anilines is 2. The first kappa shape index (κ1) is 14.8. The van der Waals surface area contributed by atoms with Crippen LogP contribution < -0.4 is 25.7 Å². The molecule has 0 unspecified atom stereocenters. The normalized spacial score (nSPS) is 10.2. The number of rotatable bonds is 5. The summed E-state index contributed by atoms with van der Waals surface area (Å²) in [7, 11) is 4.74. The van der Waals surface area contributed by atoms with Gasteiger partial charge in [-0.3, -0.25) is 0 Å². The standard InChI is InChI=1S/C15H19N3O3/c1-19-11-7-9(8-12(20-2)14(11)21-3)6-10-4-5-13(16)18-15(10)17/h4-5,7-8H,6H2,1-3H3,(H4,16,17,18). The van der Waals surface area contributed by atoms with Gasteiger partial charge in [0.15, 0.2) is 11.5 Å². The monoisotopic (exact) mass is 289 g/mol. The minimum Gasteiger partial charge on any atom is -0.493 e. The van der Waals surface area contributed by atoms with E-state index < -0.39 is 0 Å². The third-order valence-corrected chi connectivity index (χ3v) is 3.15. The van der Waals surface area contributed by atoms with E-state index in [-0.39, 0.29) is 0 Å². The van der Waals surface area contributed by atoms with Crippen LogP contribution in [0.4, 0.5) is 11.6 Å². The van der Waals surface area contributed by atoms with Crippen molar-refractivity contribution in [3.8, 4) is 17.2 Å². The molecule has 0 aliphatic carbocycles. The molecule has 0 aliphatic heterocycles. The number of aromatic nitrogens is 1. The van der Waals surface area contributed by atoms with Crippen molar-refractivity contribution in [1.29, 1.82) is 0 Å². The van der Waals surface area contributed by atoms with Crippen LogP contribution in [0, 0.1) is 0 Å². The van der Waals surface area contributed by atoms with Gasteiger partial charge in [-0.05, 0) is 29.3 Å². The van der Waals surface area contributed by atoms with Gasteiger partial charge in [-0.2, -0.15) is 0 Å². The molecule has 2 rings (SSSR count). The van der Waals surface area contributed by atoms with E-state index in [1.54, 1.807) is 27.4 Å². The maximum absolute atomic E-state index is 5.89. The second kappa shape index (κ2) is 6.21. The summed E-state index contributed by atoms with van der Waals surface area (Å²) in [6, 6.07) is 7.36. The number of ether oxygens (including phenoxy) is 3. The van der Waals surface area contributed by atoms with Crippen molar-refractivity contribution >= 4 is 11.6 Å². The predicted octanol–water partition coefficient (Wildman–Crippen LogP) is 1.86. The van der Waals surface area contributed by atoms with Crippen LogP contribution >= 0.6 is 0 Å². The Kier molecular flexibility index (Phi) is 4.37. The Bertz CT molecular complexity index is 619. The fraction of sp³-hybridized carbons (Fsp3) is 0.267. The van der Waals surface area contributed by atoms with E-state index in [0.717, 1.165) is 11.1 Å². The predicted molar refractivity (Wildman–Crippen MR) is 82.0 cm³/mol. The Hall–Kier alpha value is -2.63. The minimum atomic E-state index is 0.404. The van der Waals surface area contributed by atoms with Crippen molar-refractivity contribution in [1.82, 2.24) is 4.98 Å². The maximum atomic E-state index is 5.89. The van der Waals surface area contributed by atoms with Crippen molar-refractivity contribution in [2.75, 3.05) is 32.8 Å². The molecule has 2 aromatic rings. The van der Waals surface area contributed by atoms with Crippen LogP contribution in [0.25, 0.3) is 0 Å². The number of benzene rings is 1. The molecule has 0 spiro atoms. The Labute approximate surface area is 123 Å². The van der Waals surface area contributed by atoms with Gasteiger partial charge in [-0.15, -0.1) is 0 Å². The van der Waals surface area contributed by atoms with Crippen LogP contribution in [0.5, 0.6) is 17.2 Å². The molecule has 0 bridgehead atoms. The molecule has 112 valence electrons. The zero-order valence-corrected chi connectivity index (χ0v) is 12.3. The minimum absolute atomic E-state index is 0.404. The Morgan fingerprint density at radius 1 is 0.952 bits per heavy atom. The average molecular weight is 289 g/mol. The fourth-order valence-electron chi connectivity index (χ4n) is 2.13. The molecule has 6 heteroatoms. The smallest absolute Gasteiger partial charge is 0.203 e. The van der Waals surface area contributed by atoms with Gasteiger partial charge in [0.2, 0.25) is 5.75 Å². The van der Waals surface area contributed by atoms with Crippen LogP contribution in [-0.4, -0.2) is 26.3 Å². The zero-order valence-electron chi connectivity index (χ0n) is 12.3. The van der Waals surface area contributed by atoms with Crippen molar-refractivity contribution < 1.29 is 14.2 Å². The van der Waals surface area contributed by atoms with Gasteiger partial charge in [-0.25, -0.2) is 4.98 Å². The molecular formula is C15H19N3O3. The number of hydrogen-bond donors (Lipinski definition) is 2. The number of methoxy groups -OCH3 is 3. The van der Waals surface area contributed by atoms with Gasteiger partial charge in [0.25, 0.3) is 0 Å². The second-order valence-corrected chi connectivity index (χ2v) is 4.49. The molecule has 0 radical (unpaired) electrons. The molecular weight excluding hydrogens is 270 g/mol. The molecule has 1 heterocycles. The first-order chi connectivity index (χ1) is 10.1. The highest BCUT2D eigenvalue weighted by Crippen LogP contribution is 2.38. The lowest BCUT2D eigenvalue weighted by atomic mass is 10.0. The Morgan fingerprint density at radius 3 is 2.05 bits per heavy atom. The zero-order chi connectivity index (χ0) is 15.4. The SMILES string of the molecule is COc1cc(Cc2ccc(N)nc2N)cc(OC)c1OC. The topological polar surface area (TPSA) is 92.6 Å². The molecule has 0 atom stereocenters. The number of pyridine rings is 1. The van der Waals surface area contributed by atoms with Crippen molar-refractivity contribution in [3.05, 3.63) is 35.4 Å². The largest absolute Gasteiger partial charge is 0.493 e. The first-order valence-corrected chi connectivity index (χ1v) is 6.38. The van der Waals surface area contributed by atoms with E-state index in [1.165, 1.54) is 0 Å². The summed E-state index contributed by atoms with van der Waals surface area (Å²) in [6.45, 7) is 0. The average Bonchev–Trinajstić information content (AvgIpc) is 2.49. The highest BCUT2D eigenvalue weighted by atomic mass is 16.5. The summed E-state index contributed by atoms with van der Waals surface area (Å²) in [4.78, 5) is 4.06. The summed E-state index contributed by atoms with van der Waals surface area (Å²) in [5, 5.41) is 0. The highest BCUT2D eigenvalue weighted by molar-refractivity contribution is 5.56. The number of hydrogen-bond acceptors (Lipinski definition) is 6. The molecule has 0 aliphatic rings. The summed E-state index contributed by atoms with van der Waals surface area (Å²) in [5.74, 6) is 2.60. The third kappa shape index (κ3) is 3.10. The van der Waals surface area contributed by atoms with Crippen LogP contribution in [0.1, 0.15) is 11.1 Å². The van der Waals surface area contributed by atoms with Crippen LogP contribution in [0.2, 0.25) is 0 Å². The first-order valence-electron chi connectivity index (χ1n) is 6.38. The summed E-state index contributed by atoms with van der Waals surface area (Å²) < 4.78 is 16.0. The van der Waals surface area contributed by atoms with Crippen LogP contribution in [0.15, 0.2) is 24.3 Å². The molecule has 4 N–H and O–H groups in total. The molecule has 0 saturated carbocycles. The van der Waals surface area contributed by atoms with E-state index in [1.807, 2.05) is 18.2 Å². The lowest BCUT2D eigenvalue weighted by molar-refractivity contribution is 0.324. The van der Waals surface area contributed by atoms with E-state index in [0.29, 0.717) is 35.3 Å². The lowest BCUT2D eigenvalue weighted by Gasteiger charge is -2.14. The van der Waals surface area contributed by atoms with Gasteiger partial charge in [-0.1, -0.05) is 6.07 Å². The maximum Gasteiger partial charge on any atom is 0.203 e. The third-order valence-electron chi connectivity index (χ3n) is 3.15. The van der Waals surface area contributed by atoms with Gasteiger partial charge in [0.05, 0.1) is 21.3 Å². The Balaban J connectivity index is 2.40. The summed E-state index contributed by atoms with van der Waals surface area (Å²) in [5.41, 5.74) is 13.4. The molecule has 0 saturated heterocycles. The molecule has 1 aromatic carbocycles. The van der Waals surface area contributed by atoms with Gasteiger partial charge >= 0.3 is 0 Å². The van der Waals surface area contributed by atoms with Crippen molar-refractivity contribution in [2.24, 2.45) is 0 Å². The Morgan fingerprint density at radius 2 is 1.57 bits per heavy atom. The summed E-state index contributed by atoms with van der Waals surface area (Å²) >= 11 is 0. The van der Waals surface area contributed by atoms with E-state index in [2.05, 4.69) is 4.98 Å². The lowest BCUT2D eigenvalue weighted by Crippen LogP contribution is -2.02. The van der Waals surface area contributed by atoms with Crippen LogP contribution in [0.3, 0.4) is 0 Å². The van der Waals surface area contributed by atoms with E-state index >= 15 is 0 Å². The van der Waals surface area contributed by atoms with E-state index in [9.17, 15) is 0 Å². The molecule has 0 fully saturated rings. The van der Waals surface area contributed by atoms with Crippen molar-refractivity contribution in [2.45, 2.75) is 6.42 Å². The second-order valence-electron chi connectivity index (χ2n) is 4.49. The molecule has 1 aromatic heterocycles. The number of nitrogens with zero attached hydrogens (tertiary/aromatic N) is 1. The van der Waals surface area contributed by atoms with Crippen molar-refractivity contribution in [3.63, 3.8) is 0 Å². The van der Waals surface area contributed by atoms with Gasteiger partial charge in [0.1, 0.15) is 11.6 Å². The summed E-state index contributed by atoms with van der Waals surface area (Å²) in [6.07, 6.45) is 0.593. The fourth-order valence-corrected chi connectivity index (χ4v) is 2.13. The van der Waals surface area contributed by atoms with Gasteiger partial charge in [0, 0.05) is 6.42 Å². The highest BCUT2D eigenvalue weighted by Gasteiger charge is 2.14. The van der Waals surface area contributed by atoms with Gasteiger partial charge < -0.3 is 25.7 Å². The molecule has 21 heavy (non-hydrogen) atoms. The number of nitrogen functional groups attached to an aromatic ring is 2. The van der Waals surface area contributed by atoms with Crippen LogP contribution in [-0.2, 0) is 6.42 Å². The molecule has 6 nitrogen and oxygen atoms in total. The quantitative estimate of drug-likeness (QED) is 0.872.